The number of anilines is 1. The van der Waals surface area contributed by atoms with Gasteiger partial charge in [0, 0.05) is 24.1 Å². The Labute approximate surface area is 105 Å². The van der Waals surface area contributed by atoms with E-state index in [4.69, 9.17) is 10.5 Å². The van der Waals surface area contributed by atoms with Crippen molar-refractivity contribution in [2.45, 2.75) is 13.5 Å². The standard InChI is InChI=1S/C13H15N3O2/c1-10-8-15-13(17)16(9-10)5-6-18-12-4-2-3-11(14)7-12/h2-4,7-9H,5-6,14H2,1H3. The lowest BCUT2D eigenvalue weighted by molar-refractivity contribution is 0.295. The molecule has 1 aromatic carbocycles. The van der Waals surface area contributed by atoms with Crippen LogP contribution in [0.5, 0.6) is 5.75 Å². The van der Waals surface area contributed by atoms with Gasteiger partial charge in [-0.1, -0.05) is 6.07 Å². The molecule has 0 spiro atoms. The smallest absolute Gasteiger partial charge is 0.347 e. The van der Waals surface area contributed by atoms with Crippen LogP contribution in [0.2, 0.25) is 0 Å². The van der Waals surface area contributed by atoms with Gasteiger partial charge in [0.1, 0.15) is 12.4 Å². The molecule has 0 bridgehead atoms. The quantitative estimate of drug-likeness (QED) is 0.822. The Balaban J connectivity index is 1.96. The van der Waals surface area contributed by atoms with Gasteiger partial charge >= 0.3 is 5.69 Å². The Morgan fingerprint density at radius 1 is 1.44 bits per heavy atom. The summed E-state index contributed by atoms with van der Waals surface area (Å²) in [5.74, 6) is 0.698. The molecule has 0 amide bonds. The molecular formula is C13H15N3O2. The fraction of sp³-hybridized carbons (Fsp3) is 0.231. The molecule has 0 unspecified atom stereocenters. The lowest BCUT2D eigenvalue weighted by Crippen LogP contribution is -2.25. The number of benzene rings is 1. The van der Waals surface area contributed by atoms with E-state index < -0.39 is 0 Å². The van der Waals surface area contributed by atoms with E-state index in [1.807, 2.05) is 19.1 Å². The minimum absolute atomic E-state index is 0.267. The molecule has 1 heterocycles. The lowest BCUT2D eigenvalue weighted by atomic mass is 10.3. The van der Waals surface area contributed by atoms with Crippen LogP contribution < -0.4 is 16.2 Å². The molecule has 5 nitrogen and oxygen atoms in total. The van der Waals surface area contributed by atoms with Crippen LogP contribution in [0.25, 0.3) is 0 Å². The average Bonchev–Trinajstić information content (AvgIpc) is 2.34. The van der Waals surface area contributed by atoms with Gasteiger partial charge in [-0.3, -0.25) is 4.57 Å². The predicted octanol–water partition coefficient (Wildman–Crippen LogP) is 1.21. The first-order chi connectivity index (χ1) is 8.65. The van der Waals surface area contributed by atoms with Gasteiger partial charge in [-0.25, -0.2) is 9.78 Å². The highest BCUT2D eigenvalue weighted by Gasteiger charge is 1.99. The Kier molecular flexibility index (Phi) is 3.62. The van der Waals surface area contributed by atoms with Crippen LogP contribution in [0.15, 0.2) is 41.5 Å². The van der Waals surface area contributed by atoms with Gasteiger partial charge in [0.25, 0.3) is 0 Å². The summed E-state index contributed by atoms with van der Waals surface area (Å²) in [4.78, 5) is 15.2. The van der Waals surface area contributed by atoms with Crippen molar-refractivity contribution in [3.8, 4) is 5.75 Å². The largest absolute Gasteiger partial charge is 0.492 e. The van der Waals surface area contributed by atoms with Crippen molar-refractivity contribution in [3.63, 3.8) is 0 Å². The lowest BCUT2D eigenvalue weighted by Gasteiger charge is -2.08. The molecule has 2 rings (SSSR count). The average molecular weight is 245 g/mol. The van der Waals surface area contributed by atoms with E-state index in [1.54, 1.807) is 24.5 Å². The fourth-order valence-corrected chi connectivity index (χ4v) is 1.59. The highest BCUT2D eigenvalue weighted by molar-refractivity contribution is 5.43. The van der Waals surface area contributed by atoms with Gasteiger partial charge in [0.2, 0.25) is 0 Å². The van der Waals surface area contributed by atoms with Gasteiger partial charge in [-0.05, 0) is 24.6 Å². The van der Waals surface area contributed by atoms with Gasteiger partial charge < -0.3 is 10.5 Å². The third-order valence-electron chi connectivity index (χ3n) is 2.44. The SMILES string of the molecule is Cc1cnc(=O)n(CCOc2cccc(N)c2)c1. The van der Waals surface area contributed by atoms with Crippen LogP contribution in [0.1, 0.15) is 5.56 Å². The number of rotatable bonds is 4. The molecule has 0 aliphatic heterocycles. The molecule has 0 fully saturated rings. The molecular weight excluding hydrogens is 230 g/mol. The summed E-state index contributed by atoms with van der Waals surface area (Å²) in [5.41, 5.74) is 6.97. The molecule has 1 aromatic heterocycles. The normalized spacial score (nSPS) is 10.3. The number of hydrogen-bond donors (Lipinski definition) is 1. The zero-order chi connectivity index (χ0) is 13.0. The molecule has 0 saturated heterocycles. The van der Waals surface area contributed by atoms with Crippen molar-refractivity contribution >= 4 is 5.69 Å². The molecule has 2 aromatic rings. The number of hydrogen-bond acceptors (Lipinski definition) is 4. The Bertz CT molecular complexity index is 593. The maximum absolute atomic E-state index is 11.4. The zero-order valence-electron chi connectivity index (χ0n) is 10.2. The summed E-state index contributed by atoms with van der Waals surface area (Å²) >= 11 is 0. The molecule has 0 saturated carbocycles. The van der Waals surface area contributed by atoms with Crippen LogP contribution in [0.3, 0.4) is 0 Å². The highest BCUT2D eigenvalue weighted by Crippen LogP contribution is 2.14. The molecule has 0 atom stereocenters. The number of aryl methyl sites for hydroxylation is 1. The number of nitrogen functional groups attached to an aromatic ring is 1. The monoisotopic (exact) mass is 245 g/mol. The first kappa shape index (κ1) is 12.2. The number of ether oxygens (including phenoxy) is 1. The molecule has 5 heteroatoms. The van der Waals surface area contributed by atoms with E-state index in [1.165, 1.54) is 4.57 Å². The van der Waals surface area contributed by atoms with Crippen molar-refractivity contribution < 1.29 is 4.74 Å². The zero-order valence-corrected chi connectivity index (χ0v) is 10.2. The van der Waals surface area contributed by atoms with E-state index in [-0.39, 0.29) is 5.69 Å². The fourth-order valence-electron chi connectivity index (χ4n) is 1.59. The summed E-state index contributed by atoms with van der Waals surface area (Å²) in [6, 6.07) is 7.19. The minimum atomic E-state index is -0.267. The second-order valence-electron chi connectivity index (χ2n) is 4.03. The first-order valence-corrected chi connectivity index (χ1v) is 5.66. The van der Waals surface area contributed by atoms with Crippen molar-refractivity contribution in [2.24, 2.45) is 0 Å². The second kappa shape index (κ2) is 5.35. The summed E-state index contributed by atoms with van der Waals surface area (Å²) in [5, 5.41) is 0. The summed E-state index contributed by atoms with van der Waals surface area (Å²) < 4.78 is 7.05. The maximum atomic E-state index is 11.4. The van der Waals surface area contributed by atoms with Crippen molar-refractivity contribution in [1.82, 2.24) is 9.55 Å². The number of aromatic nitrogens is 2. The Hall–Kier alpha value is -2.30. The van der Waals surface area contributed by atoms with Crippen LogP contribution in [-0.4, -0.2) is 16.2 Å². The van der Waals surface area contributed by atoms with E-state index in [9.17, 15) is 4.79 Å². The van der Waals surface area contributed by atoms with Gasteiger partial charge in [0.05, 0.1) is 6.54 Å². The molecule has 0 aliphatic carbocycles. The highest BCUT2D eigenvalue weighted by atomic mass is 16.5. The molecule has 18 heavy (non-hydrogen) atoms. The van der Waals surface area contributed by atoms with E-state index >= 15 is 0 Å². The van der Waals surface area contributed by atoms with Gasteiger partial charge in [0.15, 0.2) is 0 Å². The van der Waals surface area contributed by atoms with E-state index in [2.05, 4.69) is 4.98 Å². The Morgan fingerprint density at radius 3 is 3.06 bits per heavy atom. The molecule has 2 N–H and O–H groups in total. The van der Waals surface area contributed by atoms with Crippen LogP contribution in [0.4, 0.5) is 5.69 Å². The number of nitrogens with two attached hydrogens (primary N) is 1. The van der Waals surface area contributed by atoms with Crippen molar-refractivity contribution in [2.75, 3.05) is 12.3 Å². The van der Waals surface area contributed by atoms with Crippen LogP contribution in [-0.2, 0) is 6.54 Å². The second-order valence-corrected chi connectivity index (χ2v) is 4.03. The summed E-state index contributed by atoms with van der Waals surface area (Å²) in [6.45, 7) is 2.75. The molecule has 0 aliphatic rings. The third-order valence-corrected chi connectivity index (χ3v) is 2.44. The minimum Gasteiger partial charge on any atom is -0.492 e. The number of nitrogens with zero attached hydrogens (tertiary/aromatic N) is 2. The van der Waals surface area contributed by atoms with E-state index in [0.717, 1.165) is 5.56 Å². The topological polar surface area (TPSA) is 70.1 Å². The summed E-state index contributed by atoms with van der Waals surface area (Å²) in [7, 11) is 0. The predicted molar refractivity (Wildman–Crippen MR) is 69.6 cm³/mol. The molecule has 94 valence electrons. The Morgan fingerprint density at radius 2 is 2.28 bits per heavy atom. The maximum Gasteiger partial charge on any atom is 0.347 e. The molecule has 0 radical (unpaired) electrons. The summed E-state index contributed by atoms with van der Waals surface area (Å²) in [6.07, 6.45) is 3.32. The van der Waals surface area contributed by atoms with Crippen molar-refractivity contribution in [3.05, 3.63) is 52.7 Å². The van der Waals surface area contributed by atoms with Crippen LogP contribution in [0, 0.1) is 6.92 Å². The first-order valence-electron chi connectivity index (χ1n) is 5.66. The van der Waals surface area contributed by atoms with E-state index in [0.29, 0.717) is 24.6 Å². The van der Waals surface area contributed by atoms with Crippen molar-refractivity contribution in [1.29, 1.82) is 0 Å². The van der Waals surface area contributed by atoms with Gasteiger partial charge in [-0.15, -0.1) is 0 Å². The van der Waals surface area contributed by atoms with Gasteiger partial charge in [-0.2, -0.15) is 0 Å². The third kappa shape index (κ3) is 3.10. The van der Waals surface area contributed by atoms with Crippen LogP contribution >= 0.6 is 0 Å².